The summed E-state index contributed by atoms with van der Waals surface area (Å²) >= 11 is 0. The Labute approximate surface area is 392 Å². The van der Waals surface area contributed by atoms with Crippen molar-refractivity contribution in [3.63, 3.8) is 0 Å². The second kappa shape index (κ2) is 52.5. The molecule has 6 nitrogen and oxygen atoms in total. The van der Waals surface area contributed by atoms with Crippen molar-refractivity contribution in [1.82, 2.24) is 0 Å². The normalized spacial score (nSPS) is 12.1. The van der Waals surface area contributed by atoms with Gasteiger partial charge in [-0.2, -0.15) is 0 Å². The maximum Gasteiger partial charge on any atom is 0.306 e. The smallest absolute Gasteiger partial charge is 0.306 e. The lowest BCUT2D eigenvalue weighted by atomic mass is 10.0. The van der Waals surface area contributed by atoms with Crippen molar-refractivity contribution in [1.29, 1.82) is 0 Å². The average molecular weight is 887 g/mol. The Balaban J connectivity index is 4.30. The van der Waals surface area contributed by atoms with Crippen molar-refractivity contribution in [3.05, 3.63) is 24.3 Å². The van der Waals surface area contributed by atoms with Crippen LogP contribution in [0.2, 0.25) is 0 Å². The highest BCUT2D eigenvalue weighted by molar-refractivity contribution is 5.71. The molecular formula is C57H106O6. The molecule has 370 valence electrons. The molecule has 63 heavy (non-hydrogen) atoms. The van der Waals surface area contributed by atoms with Gasteiger partial charge in [-0.25, -0.2) is 0 Å². The molecule has 0 bridgehead atoms. The van der Waals surface area contributed by atoms with Gasteiger partial charge in [-0.3, -0.25) is 14.4 Å². The van der Waals surface area contributed by atoms with Gasteiger partial charge in [-0.15, -0.1) is 0 Å². The second-order valence-electron chi connectivity index (χ2n) is 18.9. The van der Waals surface area contributed by atoms with E-state index in [1.165, 1.54) is 199 Å². The van der Waals surface area contributed by atoms with Gasteiger partial charge in [0.2, 0.25) is 0 Å². The van der Waals surface area contributed by atoms with Crippen LogP contribution in [0, 0.1) is 0 Å². The molecule has 0 aliphatic rings. The first kappa shape index (κ1) is 60.9. The fraction of sp³-hybridized carbons (Fsp3) is 0.877. The number of allylic oxidation sites excluding steroid dienone is 4. The Morgan fingerprint density at radius 3 is 0.905 bits per heavy atom. The zero-order valence-corrected chi connectivity index (χ0v) is 42.4. The topological polar surface area (TPSA) is 78.9 Å². The molecule has 0 aliphatic carbocycles. The molecule has 0 aromatic rings. The summed E-state index contributed by atoms with van der Waals surface area (Å²) in [4.78, 5) is 38.0. The van der Waals surface area contributed by atoms with Crippen molar-refractivity contribution in [2.75, 3.05) is 13.2 Å². The van der Waals surface area contributed by atoms with Crippen molar-refractivity contribution in [3.8, 4) is 0 Å². The van der Waals surface area contributed by atoms with Crippen LogP contribution in [0.25, 0.3) is 0 Å². The van der Waals surface area contributed by atoms with Gasteiger partial charge >= 0.3 is 17.9 Å². The molecule has 0 spiro atoms. The Morgan fingerprint density at radius 1 is 0.317 bits per heavy atom. The summed E-state index contributed by atoms with van der Waals surface area (Å²) in [6.45, 7) is 6.65. The van der Waals surface area contributed by atoms with Crippen LogP contribution in [-0.2, 0) is 28.6 Å². The molecule has 0 radical (unpaired) electrons. The third kappa shape index (κ3) is 50.7. The highest BCUT2D eigenvalue weighted by Crippen LogP contribution is 2.16. The number of rotatable bonds is 51. The minimum Gasteiger partial charge on any atom is -0.462 e. The summed E-state index contributed by atoms with van der Waals surface area (Å²) in [7, 11) is 0. The Kier molecular flexibility index (Phi) is 50.8. The van der Waals surface area contributed by atoms with Crippen LogP contribution in [0.3, 0.4) is 0 Å². The number of hydrogen-bond acceptors (Lipinski definition) is 6. The minimum atomic E-state index is -0.766. The van der Waals surface area contributed by atoms with Gasteiger partial charge in [-0.1, -0.05) is 257 Å². The van der Waals surface area contributed by atoms with Crippen LogP contribution in [0.4, 0.5) is 0 Å². The van der Waals surface area contributed by atoms with E-state index in [2.05, 4.69) is 45.1 Å². The van der Waals surface area contributed by atoms with E-state index in [1.54, 1.807) is 0 Å². The first-order valence-electron chi connectivity index (χ1n) is 27.8. The van der Waals surface area contributed by atoms with E-state index in [1.807, 2.05) is 0 Å². The standard InChI is InChI=1S/C57H106O6/c1-4-7-10-13-16-19-22-25-27-28-29-30-31-33-35-38-41-44-47-50-56(59)62-53-54(52-61-55(58)49-46-43-40-37-34-24-21-18-15-12-9-6-3)63-57(60)51-48-45-42-39-36-32-26-23-20-17-14-11-8-5-2/h16,19,25,27,54H,4-15,17-18,20-24,26,28-53H2,1-3H3/b19-16-,27-25-. The Morgan fingerprint density at radius 2 is 0.571 bits per heavy atom. The summed E-state index contributed by atoms with van der Waals surface area (Å²) < 4.78 is 16.8. The molecule has 0 aromatic heterocycles. The molecule has 0 aromatic carbocycles. The third-order valence-corrected chi connectivity index (χ3v) is 12.5. The van der Waals surface area contributed by atoms with E-state index in [4.69, 9.17) is 14.2 Å². The first-order valence-corrected chi connectivity index (χ1v) is 27.8. The van der Waals surface area contributed by atoms with Crippen LogP contribution >= 0.6 is 0 Å². The molecule has 0 heterocycles. The number of unbranched alkanes of at least 4 members (excludes halogenated alkanes) is 36. The van der Waals surface area contributed by atoms with Crippen molar-refractivity contribution >= 4 is 17.9 Å². The average Bonchev–Trinajstić information content (AvgIpc) is 3.28. The van der Waals surface area contributed by atoms with Gasteiger partial charge in [0.25, 0.3) is 0 Å². The third-order valence-electron chi connectivity index (χ3n) is 12.5. The molecule has 0 amide bonds. The second-order valence-corrected chi connectivity index (χ2v) is 18.9. The molecule has 0 saturated heterocycles. The summed E-state index contributed by atoms with van der Waals surface area (Å²) in [6, 6.07) is 0. The van der Waals surface area contributed by atoms with Gasteiger partial charge < -0.3 is 14.2 Å². The zero-order valence-electron chi connectivity index (χ0n) is 42.4. The summed E-state index contributed by atoms with van der Waals surface area (Å²) in [5.74, 6) is -0.853. The number of ether oxygens (including phenoxy) is 3. The molecule has 0 N–H and O–H groups in total. The van der Waals surface area contributed by atoms with Gasteiger partial charge in [0.1, 0.15) is 13.2 Å². The van der Waals surface area contributed by atoms with E-state index >= 15 is 0 Å². The predicted octanol–water partition coefficient (Wildman–Crippen LogP) is 18.3. The largest absolute Gasteiger partial charge is 0.462 e. The van der Waals surface area contributed by atoms with E-state index < -0.39 is 6.10 Å². The molecule has 6 heteroatoms. The number of hydrogen-bond donors (Lipinski definition) is 0. The van der Waals surface area contributed by atoms with Gasteiger partial charge in [-0.05, 0) is 51.4 Å². The highest BCUT2D eigenvalue weighted by Gasteiger charge is 2.19. The number of carbonyl (C=O) groups is 3. The lowest BCUT2D eigenvalue weighted by molar-refractivity contribution is -0.167. The van der Waals surface area contributed by atoms with Gasteiger partial charge in [0, 0.05) is 19.3 Å². The monoisotopic (exact) mass is 887 g/mol. The summed E-state index contributed by atoms with van der Waals surface area (Å²) in [6.07, 6.45) is 60.2. The summed E-state index contributed by atoms with van der Waals surface area (Å²) in [5.41, 5.74) is 0. The highest BCUT2D eigenvalue weighted by atomic mass is 16.6. The maximum absolute atomic E-state index is 12.8. The maximum atomic E-state index is 12.8. The van der Waals surface area contributed by atoms with E-state index in [9.17, 15) is 14.4 Å². The van der Waals surface area contributed by atoms with Gasteiger partial charge in [0.15, 0.2) is 6.10 Å². The SMILES string of the molecule is CCCCC/C=C\C/C=C\CCCCCCCCCCCC(=O)OCC(COC(=O)CCCCCCCCCCCCCC)OC(=O)CCCCCCCCCCCCCCCC. The quantitative estimate of drug-likeness (QED) is 0.0262. The van der Waals surface area contributed by atoms with E-state index in [0.717, 1.165) is 64.2 Å². The lowest BCUT2D eigenvalue weighted by Gasteiger charge is -2.18. The van der Waals surface area contributed by atoms with E-state index in [0.29, 0.717) is 19.3 Å². The molecule has 1 unspecified atom stereocenters. The van der Waals surface area contributed by atoms with E-state index in [-0.39, 0.29) is 31.1 Å². The molecule has 0 fully saturated rings. The molecular weight excluding hydrogens is 781 g/mol. The minimum absolute atomic E-state index is 0.0671. The zero-order chi connectivity index (χ0) is 45.8. The van der Waals surface area contributed by atoms with Gasteiger partial charge in [0.05, 0.1) is 0 Å². The fourth-order valence-corrected chi connectivity index (χ4v) is 8.24. The number of carbonyl (C=O) groups excluding carboxylic acids is 3. The molecule has 0 rings (SSSR count). The van der Waals surface area contributed by atoms with Crippen molar-refractivity contribution in [2.45, 2.75) is 309 Å². The van der Waals surface area contributed by atoms with Crippen LogP contribution in [0.15, 0.2) is 24.3 Å². The van der Waals surface area contributed by atoms with Crippen LogP contribution < -0.4 is 0 Å². The van der Waals surface area contributed by atoms with Crippen LogP contribution in [0.1, 0.15) is 303 Å². The predicted molar refractivity (Wildman–Crippen MR) is 270 cm³/mol. The summed E-state index contributed by atoms with van der Waals surface area (Å²) in [5, 5.41) is 0. The van der Waals surface area contributed by atoms with Crippen LogP contribution in [-0.4, -0.2) is 37.2 Å². The lowest BCUT2D eigenvalue weighted by Crippen LogP contribution is -2.30. The first-order chi connectivity index (χ1) is 31.0. The Hall–Kier alpha value is -2.11. The molecule has 1 atom stereocenters. The fourth-order valence-electron chi connectivity index (χ4n) is 8.24. The Bertz CT molecular complexity index is 1020. The number of esters is 3. The molecule has 0 saturated carbocycles. The van der Waals surface area contributed by atoms with Crippen molar-refractivity contribution in [2.24, 2.45) is 0 Å². The van der Waals surface area contributed by atoms with Crippen LogP contribution in [0.5, 0.6) is 0 Å². The molecule has 0 aliphatic heterocycles. The van der Waals surface area contributed by atoms with Crippen molar-refractivity contribution < 1.29 is 28.6 Å².